The predicted molar refractivity (Wildman–Crippen MR) is 96.8 cm³/mol. The van der Waals surface area contributed by atoms with Crippen molar-refractivity contribution in [3.63, 3.8) is 0 Å². The molecule has 1 aliphatic rings. The van der Waals surface area contributed by atoms with Crippen LogP contribution in [0.3, 0.4) is 0 Å². The third-order valence-electron chi connectivity index (χ3n) is 4.28. The summed E-state index contributed by atoms with van der Waals surface area (Å²) in [6.07, 6.45) is 5.96. The molecule has 3 heterocycles. The maximum absolute atomic E-state index is 4.54. The van der Waals surface area contributed by atoms with Gasteiger partial charge >= 0.3 is 0 Å². The van der Waals surface area contributed by atoms with Gasteiger partial charge in [-0.2, -0.15) is 0 Å². The largest absolute Gasteiger partial charge is 0.363 e. The number of hydrogen-bond donors (Lipinski definition) is 0. The molecule has 0 N–H and O–H groups in total. The zero-order chi connectivity index (χ0) is 16.4. The maximum Gasteiger partial charge on any atom is 0.185 e. The maximum atomic E-state index is 4.54. The first-order valence-corrected chi connectivity index (χ1v) is 8.76. The third-order valence-corrected chi connectivity index (χ3v) is 5.26. The molecule has 0 aromatic carbocycles. The lowest BCUT2D eigenvalue weighted by atomic mass is 10.1. The molecule has 0 amide bonds. The van der Waals surface area contributed by atoms with E-state index in [1.807, 2.05) is 31.3 Å². The summed E-state index contributed by atoms with van der Waals surface area (Å²) in [5.74, 6) is 1.91. The van der Waals surface area contributed by atoms with Gasteiger partial charge in [0, 0.05) is 57.4 Å². The molecule has 1 fully saturated rings. The summed E-state index contributed by atoms with van der Waals surface area (Å²) in [7, 11) is 6.13. The van der Waals surface area contributed by atoms with Gasteiger partial charge in [0.15, 0.2) is 5.13 Å². The standard InChI is InChI=1S/C16H24N6S/c1-12-9-17-16(23-12)22-7-5-6-13(10-22)21(4)15-8-14(20(2)3)18-11-19-15/h8-9,11,13H,5-7,10H2,1-4H3. The van der Waals surface area contributed by atoms with Crippen molar-refractivity contribution in [3.05, 3.63) is 23.5 Å². The van der Waals surface area contributed by atoms with Crippen molar-refractivity contribution < 1.29 is 0 Å². The Morgan fingerprint density at radius 1 is 1.17 bits per heavy atom. The molecule has 3 rings (SSSR count). The van der Waals surface area contributed by atoms with Crippen molar-refractivity contribution >= 4 is 28.1 Å². The van der Waals surface area contributed by atoms with Gasteiger partial charge in [-0.3, -0.25) is 0 Å². The number of likely N-dealkylation sites (N-methyl/N-ethyl adjacent to an activating group) is 1. The Hall–Kier alpha value is -1.89. The normalized spacial score (nSPS) is 18.1. The molecule has 0 aliphatic carbocycles. The summed E-state index contributed by atoms with van der Waals surface area (Å²) in [6, 6.07) is 2.49. The fourth-order valence-corrected chi connectivity index (χ4v) is 3.69. The second-order valence-electron chi connectivity index (χ2n) is 6.24. The predicted octanol–water partition coefficient (Wildman–Crippen LogP) is 2.41. The number of aromatic nitrogens is 3. The van der Waals surface area contributed by atoms with E-state index in [1.165, 1.54) is 17.7 Å². The summed E-state index contributed by atoms with van der Waals surface area (Å²) >= 11 is 1.77. The van der Waals surface area contributed by atoms with E-state index in [-0.39, 0.29) is 0 Å². The Kier molecular flexibility index (Phi) is 4.66. The van der Waals surface area contributed by atoms with Crippen LogP contribution < -0.4 is 14.7 Å². The topological polar surface area (TPSA) is 48.4 Å². The van der Waals surface area contributed by atoms with Gasteiger partial charge < -0.3 is 14.7 Å². The number of aryl methyl sites for hydroxylation is 1. The van der Waals surface area contributed by atoms with Crippen molar-refractivity contribution in [3.8, 4) is 0 Å². The Labute approximate surface area is 141 Å². The van der Waals surface area contributed by atoms with Crippen molar-refractivity contribution in [2.45, 2.75) is 25.8 Å². The van der Waals surface area contributed by atoms with Gasteiger partial charge in [0.05, 0.1) is 0 Å². The monoisotopic (exact) mass is 332 g/mol. The highest BCUT2D eigenvalue weighted by molar-refractivity contribution is 7.15. The minimum atomic E-state index is 0.442. The molecule has 1 aliphatic heterocycles. The molecule has 23 heavy (non-hydrogen) atoms. The van der Waals surface area contributed by atoms with E-state index in [4.69, 9.17) is 0 Å². The van der Waals surface area contributed by atoms with Crippen LogP contribution in [0.2, 0.25) is 0 Å². The lowest BCUT2D eigenvalue weighted by molar-refractivity contribution is 0.485. The Balaban J connectivity index is 1.74. The van der Waals surface area contributed by atoms with Crippen LogP contribution in [0.15, 0.2) is 18.6 Å². The molecule has 1 unspecified atom stereocenters. The number of piperidine rings is 1. The molecule has 2 aromatic rings. The Morgan fingerprint density at radius 2 is 1.96 bits per heavy atom. The van der Waals surface area contributed by atoms with E-state index in [2.05, 4.69) is 38.7 Å². The molecule has 6 nitrogen and oxygen atoms in total. The second kappa shape index (κ2) is 6.70. The van der Waals surface area contributed by atoms with Crippen LogP contribution in [0.5, 0.6) is 0 Å². The first kappa shape index (κ1) is 16.0. The van der Waals surface area contributed by atoms with Crippen molar-refractivity contribution in [2.75, 3.05) is 48.9 Å². The van der Waals surface area contributed by atoms with Crippen LogP contribution in [0, 0.1) is 6.92 Å². The van der Waals surface area contributed by atoms with Crippen LogP contribution in [0.4, 0.5) is 16.8 Å². The highest BCUT2D eigenvalue weighted by Crippen LogP contribution is 2.27. The molecule has 0 spiro atoms. The van der Waals surface area contributed by atoms with Crippen LogP contribution >= 0.6 is 11.3 Å². The van der Waals surface area contributed by atoms with E-state index < -0.39 is 0 Å². The molecule has 124 valence electrons. The van der Waals surface area contributed by atoms with Gasteiger partial charge in [-0.05, 0) is 19.8 Å². The van der Waals surface area contributed by atoms with E-state index in [0.717, 1.165) is 29.9 Å². The highest BCUT2D eigenvalue weighted by atomic mass is 32.1. The van der Waals surface area contributed by atoms with Crippen LogP contribution in [-0.4, -0.2) is 55.2 Å². The van der Waals surface area contributed by atoms with E-state index in [1.54, 1.807) is 17.7 Å². The fourth-order valence-electron chi connectivity index (χ4n) is 2.90. The fraction of sp³-hybridized carbons (Fsp3) is 0.562. The van der Waals surface area contributed by atoms with Crippen LogP contribution in [0.1, 0.15) is 17.7 Å². The average molecular weight is 332 g/mol. The van der Waals surface area contributed by atoms with Crippen molar-refractivity contribution in [1.29, 1.82) is 0 Å². The molecule has 0 bridgehead atoms. The van der Waals surface area contributed by atoms with E-state index in [0.29, 0.717) is 6.04 Å². The van der Waals surface area contributed by atoms with Crippen LogP contribution in [-0.2, 0) is 0 Å². The van der Waals surface area contributed by atoms with Gasteiger partial charge in [0.1, 0.15) is 18.0 Å². The minimum Gasteiger partial charge on any atom is -0.363 e. The molecule has 7 heteroatoms. The number of anilines is 3. The van der Waals surface area contributed by atoms with Gasteiger partial charge in [-0.15, -0.1) is 11.3 Å². The number of thiazole rings is 1. The van der Waals surface area contributed by atoms with Crippen molar-refractivity contribution in [2.24, 2.45) is 0 Å². The molecule has 1 atom stereocenters. The SMILES string of the molecule is Cc1cnc(N2CCCC(N(C)c3cc(N(C)C)ncn3)C2)s1. The number of rotatable bonds is 4. The zero-order valence-corrected chi connectivity index (χ0v) is 15.0. The Morgan fingerprint density at radius 3 is 2.65 bits per heavy atom. The summed E-state index contributed by atoms with van der Waals surface area (Å²) < 4.78 is 0. The zero-order valence-electron chi connectivity index (χ0n) is 14.2. The van der Waals surface area contributed by atoms with Gasteiger partial charge in [0.25, 0.3) is 0 Å². The first-order chi connectivity index (χ1) is 11.0. The quantitative estimate of drug-likeness (QED) is 0.857. The first-order valence-electron chi connectivity index (χ1n) is 7.94. The smallest absolute Gasteiger partial charge is 0.185 e. The molecule has 2 aromatic heterocycles. The summed E-state index contributed by atoms with van der Waals surface area (Å²) in [4.78, 5) is 21.2. The van der Waals surface area contributed by atoms with Gasteiger partial charge in [0.2, 0.25) is 0 Å². The molecular weight excluding hydrogens is 308 g/mol. The van der Waals surface area contributed by atoms with Crippen LogP contribution in [0.25, 0.3) is 0 Å². The minimum absolute atomic E-state index is 0.442. The Bertz CT molecular complexity index is 656. The summed E-state index contributed by atoms with van der Waals surface area (Å²) in [5, 5.41) is 1.14. The molecular formula is C16H24N6S. The van der Waals surface area contributed by atoms with Crippen molar-refractivity contribution in [1.82, 2.24) is 15.0 Å². The van der Waals surface area contributed by atoms with E-state index in [9.17, 15) is 0 Å². The second-order valence-corrected chi connectivity index (χ2v) is 7.45. The van der Waals surface area contributed by atoms with E-state index >= 15 is 0 Å². The lowest BCUT2D eigenvalue weighted by Crippen LogP contribution is -2.47. The molecule has 1 saturated heterocycles. The number of hydrogen-bond acceptors (Lipinski definition) is 7. The third kappa shape index (κ3) is 3.55. The lowest BCUT2D eigenvalue weighted by Gasteiger charge is -2.38. The highest BCUT2D eigenvalue weighted by Gasteiger charge is 2.25. The van der Waals surface area contributed by atoms with Gasteiger partial charge in [-0.1, -0.05) is 0 Å². The molecule has 0 radical (unpaired) electrons. The summed E-state index contributed by atoms with van der Waals surface area (Å²) in [5.41, 5.74) is 0. The van der Waals surface area contributed by atoms with Gasteiger partial charge in [-0.25, -0.2) is 15.0 Å². The summed E-state index contributed by atoms with van der Waals surface area (Å²) in [6.45, 7) is 4.19. The molecule has 0 saturated carbocycles. The average Bonchev–Trinajstić information content (AvgIpc) is 3.01. The number of nitrogens with zero attached hydrogens (tertiary/aromatic N) is 6.